The number of fused-ring (bicyclic) bond motifs is 1. The molecular formula is C10H11FN2O. The van der Waals surface area contributed by atoms with Crippen LogP contribution in [0.1, 0.15) is 18.6 Å². The molecule has 0 saturated carbocycles. The predicted molar refractivity (Wildman–Crippen MR) is 51.9 cm³/mol. The number of aromatic amines is 1. The van der Waals surface area contributed by atoms with Gasteiger partial charge in [-0.05, 0) is 19.1 Å². The van der Waals surface area contributed by atoms with Crippen molar-refractivity contribution in [2.75, 3.05) is 0 Å². The number of rotatable bonds is 2. The van der Waals surface area contributed by atoms with Crippen molar-refractivity contribution in [2.24, 2.45) is 5.90 Å². The topological polar surface area (TPSA) is 51.0 Å². The molecule has 1 unspecified atom stereocenters. The molecule has 74 valence electrons. The maximum Gasteiger partial charge on any atom is 0.132 e. The molecule has 4 heteroatoms. The van der Waals surface area contributed by atoms with E-state index in [0.29, 0.717) is 5.39 Å². The molecule has 14 heavy (non-hydrogen) atoms. The highest BCUT2D eigenvalue weighted by atomic mass is 19.1. The number of nitrogens with two attached hydrogens (primary N) is 1. The molecule has 0 aliphatic rings. The summed E-state index contributed by atoms with van der Waals surface area (Å²) in [5.74, 6) is 4.81. The summed E-state index contributed by atoms with van der Waals surface area (Å²) in [6.45, 7) is 1.77. The van der Waals surface area contributed by atoms with E-state index in [9.17, 15) is 4.39 Å². The summed E-state index contributed by atoms with van der Waals surface area (Å²) in [6.07, 6.45) is 1.39. The summed E-state index contributed by atoms with van der Waals surface area (Å²) in [7, 11) is 0. The van der Waals surface area contributed by atoms with Crippen LogP contribution < -0.4 is 5.90 Å². The first-order valence-corrected chi connectivity index (χ1v) is 4.35. The standard InChI is InChI=1S/C10H11FN2O/c1-6(14-12)7-5-13-9-4-2-3-8(11)10(7)9/h2-6,13H,12H2,1H3. The van der Waals surface area contributed by atoms with Crippen molar-refractivity contribution in [1.29, 1.82) is 0 Å². The van der Waals surface area contributed by atoms with Crippen LogP contribution >= 0.6 is 0 Å². The quantitative estimate of drug-likeness (QED) is 0.720. The van der Waals surface area contributed by atoms with Gasteiger partial charge in [0.1, 0.15) is 11.9 Å². The van der Waals surface area contributed by atoms with E-state index in [-0.39, 0.29) is 11.9 Å². The maximum atomic E-state index is 13.5. The maximum absolute atomic E-state index is 13.5. The number of benzene rings is 1. The Bertz CT molecular complexity index is 452. The van der Waals surface area contributed by atoms with Crippen molar-refractivity contribution >= 4 is 10.9 Å². The van der Waals surface area contributed by atoms with Crippen LogP contribution in [0.4, 0.5) is 4.39 Å². The molecule has 0 fully saturated rings. The molecule has 0 radical (unpaired) electrons. The molecule has 0 amide bonds. The minimum atomic E-state index is -0.319. The normalized spacial score (nSPS) is 13.4. The van der Waals surface area contributed by atoms with Crippen LogP contribution in [-0.2, 0) is 4.84 Å². The lowest BCUT2D eigenvalue weighted by molar-refractivity contribution is 0.0673. The molecule has 1 heterocycles. The van der Waals surface area contributed by atoms with Crippen LogP contribution in [0.2, 0.25) is 0 Å². The molecular weight excluding hydrogens is 183 g/mol. The van der Waals surface area contributed by atoms with Gasteiger partial charge in [-0.15, -0.1) is 0 Å². The van der Waals surface area contributed by atoms with Crippen LogP contribution in [-0.4, -0.2) is 4.98 Å². The average molecular weight is 194 g/mol. The lowest BCUT2D eigenvalue weighted by atomic mass is 10.1. The van der Waals surface area contributed by atoms with E-state index in [4.69, 9.17) is 5.90 Å². The molecule has 2 aromatic rings. The Morgan fingerprint density at radius 1 is 1.50 bits per heavy atom. The Hall–Kier alpha value is -1.39. The minimum Gasteiger partial charge on any atom is -0.361 e. The fourth-order valence-electron chi connectivity index (χ4n) is 1.56. The first-order valence-electron chi connectivity index (χ1n) is 4.35. The van der Waals surface area contributed by atoms with Crippen molar-refractivity contribution in [3.8, 4) is 0 Å². The minimum absolute atomic E-state index is 0.261. The third-order valence-corrected chi connectivity index (χ3v) is 2.33. The fourth-order valence-corrected chi connectivity index (χ4v) is 1.56. The van der Waals surface area contributed by atoms with Gasteiger partial charge in [-0.3, -0.25) is 4.84 Å². The molecule has 1 aromatic carbocycles. The molecule has 0 aliphatic carbocycles. The van der Waals surface area contributed by atoms with Gasteiger partial charge in [0.2, 0.25) is 0 Å². The molecule has 0 spiro atoms. The average Bonchev–Trinajstić information content (AvgIpc) is 2.62. The van der Waals surface area contributed by atoms with Crippen LogP contribution in [0.3, 0.4) is 0 Å². The molecule has 2 rings (SSSR count). The summed E-state index contributed by atoms with van der Waals surface area (Å²) in [5.41, 5.74) is 1.49. The number of nitrogens with one attached hydrogen (secondary N) is 1. The molecule has 1 atom stereocenters. The van der Waals surface area contributed by atoms with Crippen LogP contribution in [0.5, 0.6) is 0 Å². The van der Waals surface area contributed by atoms with E-state index in [2.05, 4.69) is 9.82 Å². The summed E-state index contributed by atoms with van der Waals surface area (Å²) < 4.78 is 13.5. The fraction of sp³-hybridized carbons (Fsp3) is 0.200. The second kappa shape index (κ2) is 3.40. The molecule has 0 aliphatic heterocycles. The number of H-pyrrole nitrogens is 1. The van der Waals surface area contributed by atoms with Crippen LogP contribution in [0.25, 0.3) is 10.9 Å². The zero-order valence-electron chi connectivity index (χ0n) is 7.75. The smallest absolute Gasteiger partial charge is 0.132 e. The first kappa shape index (κ1) is 9.18. The molecule has 3 N–H and O–H groups in total. The second-order valence-electron chi connectivity index (χ2n) is 3.18. The van der Waals surface area contributed by atoms with E-state index < -0.39 is 0 Å². The van der Waals surface area contributed by atoms with Gasteiger partial charge in [-0.2, -0.15) is 0 Å². The van der Waals surface area contributed by atoms with Crippen molar-refractivity contribution in [1.82, 2.24) is 4.98 Å². The lowest BCUT2D eigenvalue weighted by Gasteiger charge is -2.06. The number of hydrogen-bond acceptors (Lipinski definition) is 2. The number of halogens is 1. The highest BCUT2D eigenvalue weighted by Gasteiger charge is 2.13. The van der Waals surface area contributed by atoms with E-state index >= 15 is 0 Å². The highest BCUT2D eigenvalue weighted by Crippen LogP contribution is 2.27. The largest absolute Gasteiger partial charge is 0.361 e. The first-order chi connectivity index (χ1) is 6.74. The van der Waals surface area contributed by atoms with Gasteiger partial charge >= 0.3 is 0 Å². The summed E-state index contributed by atoms with van der Waals surface area (Å²) in [4.78, 5) is 7.64. The van der Waals surface area contributed by atoms with Gasteiger partial charge in [-0.1, -0.05) is 6.07 Å². The summed E-state index contributed by atoms with van der Waals surface area (Å²) >= 11 is 0. The Balaban J connectivity index is 2.67. The highest BCUT2D eigenvalue weighted by molar-refractivity contribution is 5.84. The Morgan fingerprint density at radius 3 is 3.00 bits per heavy atom. The summed E-state index contributed by atoms with van der Waals surface area (Å²) in [6, 6.07) is 4.89. The Kier molecular flexibility index (Phi) is 2.23. The molecule has 1 aromatic heterocycles. The molecule has 0 bridgehead atoms. The van der Waals surface area contributed by atoms with Gasteiger partial charge < -0.3 is 4.98 Å². The zero-order chi connectivity index (χ0) is 10.1. The van der Waals surface area contributed by atoms with Crippen LogP contribution in [0, 0.1) is 5.82 Å². The van der Waals surface area contributed by atoms with E-state index in [0.717, 1.165) is 11.1 Å². The van der Waals surface area contributed by atoms with E-state index in [1.165, 1.54) is 6.07 Å². The van der Waals surface area contributed by atoms with Gasteiger partial charge in [-0.25, -0.2) is 10.3 Å². The van der Waals surface area contributed by atoms with Crippen molar-refractivity contribution in [3.63, 3.8) is 0 Å². The third-order valence-electron chi connectivity index (χ3n) is 2.33. The van der Waals surface area contributed by atoms with Crippen molar-refractivity contribution < 1.29 is 9.23 Å². The van der Waals surface area contributed by atoms with Gasteiger partial charge in [0.15, 0.2) is 0 Å². The van der Waals surface area contributed by atoms with Gasteiger partial charge in [0, 0.05) is 22.7 Å². The Morgan fingerprint density at radius 2 is 2.29 bits per heavy atom. The van der Waals surface area contributed by atoms with Crippen LogP contribution in [0.15, 0.2) is 24.4 Å². The lowest BCUT2D eigenvalue weighted by Crippen LogP contribution is -2.04. The Labute approximate surface area is 80.6 Å². The van der Waals surface area contributed by atoms with Gasteiger partial charge in [0.25, 0.3) is 0 Å². The number of hydrogen-bond donors (Lipinski definition) is 2. The monoisotopic (exact) mass is 194 g/mol. The summed E-state index contributed by atoms with van der Waals surface area (Å²) in [5, 5.41) is 0.547. The van der Waals surface area contributed by atoms with E-state index in [1.807, 2.05) is 6.07 Å². The molecule has 3 nitrogen and oxygen atoms in total. The molecule has 0 saturated heterocycles. The predicted octanol–water partition coefficient (Wildman–Crippen LogP) is 2.26. The third kappa shape index (κ3) is 1.29. The van der Waals surface area contributed by atoms with Gasteiger partial charge in [0.05, 0.1) is 0 Å². The van der Waals surface area contributed by atoms with Crippen molar-refractivity contribution in [3.05, 3.63) is 35.8 Å². The zero-order valence-corrected chi connectivity index (χ0v) is 7.75. The second-order valence-corrected chi connectivity index (χ2v) is 3.18. The van der Waals surface area contributed by atoms with E-state index in [1.54, 1.807) is 19.2 Å². The SMILES string of the molecule is CC(ON)c1c[nH]c2cccc(F)c12. The number of aromatic nitrogens is 1. The van der Waals surface area contributed by atoms with Crippen molar-refractivity contribution in [2.45, 2.75) is 13.0 Å².